The van der Waals surface area contributed by atoms with Crippen LogP contribution in [0.3, 0.4) is 0 Å². The fourth-order valence-electron chi connectivity index (χ4n) is 3.71. The smallest absolute Gasteiger partial charge is 0.337 e. The minimum atomic E-state index is -1.98. The summed E-state index contributed by atoms with van der Waals surface area (Å²) in [5, 5.41) is 0. The molecule has 3 heteroatoms. The van der Waals surface area contributed by atoms with Gasteiger partial charge in [-0.25, -0.2) is 0 Å². The number of unbranched alkanes of at least 4 members (excludes halogenated alkanes) is 9. The SMILES string of the molecule is CCCCCCCCCCCCO[Si](CC)(CC)OC(CCC)CCC. The van der Waals surface area contributed by atoms with Gasteiger partial charge in [-0.1, -0.05) is 105 Å². The molecule has 0 rings (SSSR count). The fourth-order valence-corrected chi connectivity index (χ4v) is 6.38. The quantitative estimate of drug-likeness (QED) is 0.154. The summed E-state index contributed by atoms with van der Waals surface area (Å²) < 4.78 is 13.1. The third-order valence-corrected chi connectivity index (χ3v) is 9.19. The van der Waals surface area contributed by atoms with Crippen molar-refractivity contribution in [3.8, 4) is 0 Å². The van der Waals surface area contributed by atoms with Gasteiger partial charge in [0.15, 0.2) is 0 Å². The minimum absolute atomic E-state index is 0.421. The molecule has 0 aliphatic heterocycles. The van der Waals surface area contributed by atoms with Crippen LogP contribution in [0.4, 0.5) is 0 Å². The molecule has 0 saturated carbocycles. The summed E-state index contributed by atoms with van der Waals surface area (Å²) in [4.78, 5) is 0. The summed E-state index contributed by atoms with van der Waals surface area (Å²) in [7, 11) is -1.98. The molecular formula is C23H50O2Si. The van der Waals surface area contributed by atoms with Crippen molar-refractivity contribution in [2.75, 3.05) is 6.61 Å². The van der Waals surface area contributed by atoms with Crippen molar-refractivity contribution < 1.29 is 8.85 Å². The van der Waals surface area contributed by atoms with Crippen LogP contribution in [0.2, 0.25) is 12.1 Å². The van der Waals surface area contributed by atoms with Crippen molar-refractivity contribution in [2.24, 2.45) is 0 Å². The largest absolute Gasteiger partial charge is 0.394 e. The molecule has 0 radical (unpaired) electrons. The third kappa shape index (κ3) is 13.3. The first-order valence-corrected chi connectivity index (χ1v) is 14.2. The zero-order chi connectivity index (χ0) is 19.5. The Morgan fingerprint density at radius 1 is 0.577 bits per heavy atom. The summed E-state index contributed by atoms with van der Waals surface area (Å²) in [5.74, 6) is 0. The van der Waals surface area contributed by atoms with Crippen molar-refractivity contribution in [1.82, 2.24) is 0 Å². The van der Waals surface area contributed by atoms with E-state index in [1.54, 1.807) is 0 Å². The van der Waals surface area contributed by atoms with Crippen molar-refractivity contribution >= 4 is 8.56 Å². The van der Waals surface area contributed by atoms with Gasteiger partial charge in [0.1, 0.15) is 0 Å². The molecule has 0 aliphatic carbocycles. The van der Waals surface area contributed by atoms with E-state index < -0.39 is 8.56 Å². The first-order chi connectivity index (χ1) is 12.7. The molecule has 0 N–H and O–H groups in total. The average molecular weight is 387 g/mol. The number of hydrogen-bond donors (Lipinski definition) is 0. The summed E-state index contributed by atoms with van der Waals surface area (Å²) >= 11 is 0. The molecule has 2 nitrogen and oxygen atoms in total. The predicted molar refractivity (Wildman–Crippen MR) is 119 cm³/mol. The Kier molecular flexibility index (Phi) is 18.6. The van der Waals surface area contributed by atoms with E-state index in [9.17, 15) is 0 Å². The van der Waals surface area contributed by atoms with Crippen LogP contribution in [0, 0.1) is 0 Å². The van der Waals surface area contributed by atoms with E-state index in [1.807, 2.05) is 0 Å². The van der Waals surface area contributed by atoms with Crippen LogP contribution >= 0.6 is 0 Å². The van der Waals surface area contributed by atoms with Gasteiger partial charge >= 0.3 is 8.56 Å². The predicted octanol–water partition coefficient (Wildman–Crippen LogP) is 8.39. The Morgan fingerprint density at radius 3 is 1.46 bits per heavy atom. The van der Waals surface area contributed by atoms with Gasteiger partial charge in [0, 0.05) is 12.7 Å². The maximum Gasteiger partial charge on any atom is 0.337 e. The Bertz CT molecular complexity index is 273. The van der Waals surface area contributed by atoms with Crippen LogP contribution in [0.5, 0.6) is 0 Å². The molecule has 0 aromatic carbocycles. The molecule has 0 saturated heterocycles. The van der Waals surface area contributed by atoms with Crippen molar-refractivity contribution in [3.63, 3.8) is 0 Å². The zero-order valence-electron chi connectivity index (χ0n) is 18.9. The van der Waals surface area contributed by atoms with E-state index in [1.165, 1.54) is 89.9 Å². The van der Waals surface area contributed by atoms with Gasteiger partial charge in [-0.2, -0.15) is 0 Å². The van der Waals surface area contributed by atoms with Crippen molar-refractivity contribution in [1.29, 1.82) is 0 Å². The Labute approximate surface area is 167 Å². The second kappa shape index (κ2) is 18.5. The van der Waals surface area contributed by atoms with Gasteiger partial charge < -0.3 is 8.85 Å². The van der Waals surface area contributed by atoms with Crippen LogP contribution in [0.1, 0.15) is 125 Å². The van der Waals surface area contributed by atoms with Crippen LogP contribution in [0.25, 0.3) is 0 Å². The highest BCUT2D eigenvalue weighted by molar-refractivity contribution is 6.67. The molecule has 0 aromatic heterocycles. The van der Waals surface area contributed by atoms with E-state index in [0.29, 0.717) is 6.10 Å². The lowest BCUT2D eigenvalue weighted by Crippen LogP contribution is -2.44. The molecule has 0 amide bonds. The van der Waals surface area contributed by atoms with Gasteiger partial charge in [-0.05, 0) is 31.4 Å². The lowest BCUT2D eigenvalue weighted by Gasteiger charge is -2.33. The lowest BCUT2D eigenvalue weighted by molar-refractivity contribution is 0.0982. The summed E-state index contributed by atoms with van der Waals surface area (Å²) in [5.41, 5.74) is 0. The molecular weight excluding hydrogens is 336 g/mol. The molecule has 0 fully saturated rings. The molecule has 158 valence electrons. The fraction of sp³-hybridized carbons (Fsp3) is 1.00. The summed E-state index contributed by atoms with van der Waals surface area (Å²) in [6, 6.07) is 2.18. The standard InChI is InChI=1S/C23H50O2Si/c1-6-11-12-13-14-15-16-17-18-19-22-24-26(9-4,10-5)25-23(20-7-2)21-8-3/h23H,6-22H2,1-5H3. The molecule has 0 spiro atoms. The van der Waals surface area contributed by atoms with Crippen LogP contribution in [0.15, 0.2) is 0 Å². The highest BCUT2D eigenvalue weighted by Gasteiger charge is 2.35. The van der Waals surface area contributed by atoms with Crippen LogP contribution in [-0.4, -0.2) is 21.3 Å². The molecule has 26 heavy (non-hydrogen) atoms. The zero-order valence-corrected chi connectivity index (χ0v) is 19.9. The average Bonchev–Trinajstić information content (AvgIpc) is 2.65. The molecule has 0 unspecified atom stereocenters. The summed E-state index contributed by atoms with van der Waals surface area (Å²) in [6.45, 7) is 12.3. The second-order valence-electron chi connectivity index (χ2n) is 7.97. The molecule has 0 bridgehead atoms. The van der Waals surface area contributed by atoms with Crippen LogP contribution in [-0.2, 0) is 8.85 Å². The van der Waals surface area contributed by atoms with Gasteiger partial charge in [-0.15, -0.1) is 0 Å². The van der Waals surface area contributed by atoms with Gasteiger partial charge in [0.05, 0.1) is 0 Å². The summed E-state index contributed by atoms with van der Waals surface area (Å²) in [6.07, 6.45) is 19.0. The monoisotopic (exact) mass is 386 g/mol. The first kappa shape index (κ1) is 26.1. The molecule has 0 aliphatic rings. The highest BCUT2D eigenvalue weighted by atomic mass is 28.4. The van der Waals surface area contributed by atoms with Crippen LogP contribution < -0.4 is 0 Å². The Balaban J connectivity index is 3.91. The van der Waals surface area contributed by atoms with Crippen molar-refractivity contribution in [2.45, 2.75) is 143 Å². The Morgan fingerprint density at radius 2 is 1.04 bits per heavy atom. The molecule has 0 atom stereocenters. The lowest BCUT2D eigenvalue weighted by atomic mass is 10.1. The van der Waals surface area contributed by atoms with E-state index in [0.717, 1.165) is 18.7 Å². The normalized spacial score (nSPS) is 12.2. The van der Waals surface area contributed by atoms with E-state index in [-0.39, 0.29) is 0 Å². The third-order valence-electron chi connectivity index (χ3n) is 5.54. The number of hydrogen-bond acceptors (Lipinski definition) is 2. The highest BCUT2D eigenvalue weighted by Crippen LogP contribution is 2.25. The first-order valence-electron chi connectivity index (χ1n) is 12.0. The maximum atomic E-state index is 6.63. The van der Waals surface area contributed by atoms with Gasteiger partial charge in [0.2, 0.25) is 0 Å². The van der Waals surface area contributed by atoms with E-state index in [4.69, 9.17) is 8.85 Å². The molecule has 0 aromatic rings. The maximum absolute atomic E-state index is 6.63. The minimum Gasteiger partial charge on any atom is -0.394 e. The molecule has 0 heterocycles. The topological polar surface area (TPSA) is 18.5 Å². The van der Waals surface area contributed by atoms with E-state index >= 15 is 0 Å². The van der Waals surface area contributed by atoms with Gasteiger partial charge in [-0.3, -0.25) is 0 Å². The Hall–Kier alpha value is 0.137. The number of rotatable bonds is 20. The van der Waals surface area contributed by atoms with Crippen molar-refractivity contribution in [3.05, 3.63) is 0 Å². The van der Waals surface area contributed by atoms with Gasteiger partial charge in [0.25, 0.3) is 0 Å². The van der Waals surface area contributed by atoms with E-state index in [2.05, 4.69) is 34.6 Å². The second-order valence-corrected chi connectivity index (χ2v) is 11.7.